The summed E-state index contributed by atoms with van der Waals surface area (Å²) in [5.41, 5.74) is 2.06. The van der Waals surface area contributed by atoms with Crippen LogP contribution < -0.4 is 10.6 Å². The zero-order valence-electron chi connectivity index (χ0n) is 15.3. The molecule has 0 bridgehead atoms. The molecule has 0 radical (unpaired) electrons. The highest BCUT2D eigenvalue weighted by Gasteiger charge is 2.32. The van der Waals surface area contributed by atoms with Gasteiger partial charge in [0.05, 0.1) is 17.8 Å². The Labute approximate surface area is 162 Å². The smallest absolute Gasteiger partial charge is 0.314 e. The molecule has 6 nitrogen and oxygen atoms in total. The molecular weight excluding hydrogens is 362 g/mol. The molecule has 7 heteroatoms. The summed E-state index contributed by atoms with van der Waals surface area (Å²) in [4.78, 5) is 25.2. The van der Waals surface area contributed by atoms with Gasteiger partial charge in [-0.25, -0.2) is 0 Å². The van der Waals surface area contributed by atoms with Crippen LogP contribution in [0.2, 0.25) is 0 Å². The number of fused-ring (bicyclic) bond motifs is 1. The van der Waals surface area contributed by atoms with Gasteiger partial charge in [0.1, 0.15) is 11.1 Å². The largest absolute Gasteiger partial charge is 0.370 e. The van der Waals surface area contributed by atoms with E-state index in [0.29, 0.717) is 36.6 Å². The minimum absolute atomic E-state index is 0.351. The van der Waals surface area contributed by atoms with E-state index in [0.717, 1.165) is 16.0 Å². The van der Waals surface area contributed by atoms with Crippen molar-refractivity contribution in [3.63, 3.8) is 0 Å². The second kappa shape index (κ2) is 7.91. The maximum absolute atomic E-state index is 12.2. The molecule has 140 valence electrons. The number of amides is 2. The van der Waals surface area contributed by atoms with Crippen LogP contribution >= 0.6 is 11.3 Å². The number of benzene rings is 1. The highest BCUT2D eigenvalue weighted by molar-refractivity contribution is 7.16. The zero-order valence-corrected chi connectivity index (χ0v) is 16.1. The fourth-order valence-corrected chi connectivity index (χ4v) is 4.04. The Morgan fingerprint density at radius 3 is 2.70 bits per heavy atom. The second-order valence-electron chi connectivity index (χ2n) is 6.99. The summed E-state index contributed by atoms with van der Waals surface area (Å²) in [6.07, 6.45) is 1.24. The minimum Gasteiger partial charge on any atom is -0.370 e. The van der Waals surface area contributed by atoms with Crippen molar-refractivity contribution in [2.24, 2.45) is 0 Å². The molecule has 1 aliphatic heterocycles. The van der Waals surface area contributed by atoms with Crippen molar-refractivity contribution in [2.45, 2.75) is 38.9 Å². The van der Waals surface area contributed by atoms with E-state index < -0.39 is 11.8 Å². The molecule has 2 N–H and O–H groups in total. The Hall–Kier alpha value is -2.69. The van der Waals surface area contributed by atoms with E-state index in [2.05, 4.69) is 16.7 Å². The highest BCUT2D eigenvalue weighted by atomic mass is 32.1. The van der Waals surface area contributed by atoms with Crippen LogP contribution in [-0.2, 0) is 33.8 Å². The van der Waals surface area contributed by atoms with Gasteiger partial charge in [0.15, 0.2) is 0 Å². The summed E-state index contributed by atoms with van der Waals surface area (Å²) < 4.78 is 5.76. The van der Waals surface area contributed by atoms with Gasteiger partial charge < -0.3 is 15.4 Å². The van der Waals surface area contributed by atoms with Gasteiger partial charge in [0.2, 0.25) is 0 Å². The van der Waals surface area contributed by atoms with E-state index >= 15 is 0 Å². The summed E-state index contributed by atoms with van der Waals surface area (Å²) in [6, 6.07) is 11.9. The Kier molecular flexibility index (Phi) is 5.59. The normalized spacial score (nSPS) is 14.7. The van der Waals surface area contributed by atoms with Gasteiger partial charge in [-0.1, -0.05) is 30.3 Å². The first-order valence-corrected chi connectivity index (χ1v) is 9.53. The van der Waals surface area contributed by atoms with Crippen molar-refractivity contribution in [2.75, 3.05) is 11.9 Å². The second-order valence-corrected chi connectivity index (χ2v) is 8.10. The van der Waals surface area contributed by atoms with Crippen molar-refractivity contribution in [1.29, 1.82) is 5.26 Å². The number of carbonyl (C=O) groups excluding carboxylic acids is 2. The van der Waals surface area contributed by atoms with E-state index in [-0.39, 0.29) is 5.60 Å². The lowest BCUT2D eigenvalue weighted by molar-refractivity contribution is -0.136. The molecule has 0 unspecified atom stereocenters. The minimum atomic E-state index is -0.765. The van der Waals surface area contributed by atoms with E-state index in [1.807, 2.05) is 44.2 Å². The number of rotatable bonds is 4. The molecule has 1 aliphatic rings. The average molecular weight is 383 g/mol. The number of nitriles is 1. The predicted octanol–water partition coefficient (Wildman–Crippen LogP) is 2.77. The summed E-state index contributed by atoms with van der Waals surface area (Å²) in [5, 5.41) is 15.1. The summed E-state index contributed by atoms with van der Waals surface area (Å²) >= 11 is 1.29. The number of hydrogen-bond acceptors (Lipinski definition) is 5. The third kappa shape index (κ3) is 4.54. The number of carbonyl (C=O) groups is 2. The topological polar surface area (TPSA) is 91.2 Å². The number of ether oxygens (including phenoxy) is 1. The van der Waals surface area contributed by atoms with Crippen LogP contribution in [0.5, 0.6) is 0 Å². The van der Waals surface area contributed by atoms with Crippen LogP contribution in [0.4, 0.5) is 5.00 Å². The molecule has 2 heterocycles. The Morgan fingerprint density at radius 2 is 2.00 bits per heavy atom. The molecule has 0 atom stereocenters. The van der Waals surface area contributed by atoms with Gasteiger partial charge in [0.25, 0.3) is 0 Å². The van der Waals surface area contributed by atoms with Crippen LogP contribution in [-0.4, -0.2) is 24.0 Å². The summed E-state index contributed by atoms with van der Waals surface area (Å²) in [6.45, 7) is 4.70. The molecule has 0 saturated carbocycles. The molecule has 3 rings (SSSR count). The molecule has 0 aliphatic carbocycles. The highest BCUT2D eigenvalue weighted by Crippen LogP contribution is 2.39. The van der Waals surface area contributed by atoms with Crippen molar-refractivity contribution < 1.29 is 14.3 Å². The van der Waals surface area contributed by atoms with Crippen LogP contribution in [0.1, 0.15) is 35.4 Å². The predicted molar refractivity (Wildman–Crippen MR) is 103 cm³/mol. The lowest BCUT2D eigenvalue weighted by Crippen LogP contribution is -2.36. The molecule has 2 aromatic rings. The molecular formula is C20H21N3O3S. The van der Waals surface area contributed by atoms with Crippen molar-refractivity contribution >= 4 is 28.2 Å². The van der Waals surface area contributed by atoms with Crippen LogP contribution in [0, 0.1) is 11.3 Å². The lowest BCUT2D eigenvalue weighted by atomic mass is 9.93. The SMILES string of the molecule is CC1(C)Cc2c(sc(NC(=O)C(=O)NCCc3ccccc3)c2C#N)CO1. The quantitative estimate of drug-likeness (QED) is 0.794. The zero-order chi connectivity index (χ0) is 19.4. The van der Waals surface area contributed by atoms with Gasteiger partial charge in [0, 0.05) is 17.8 Å². The van der Waals surface area contributed by atoms with Crippen LogP contribution in [0.25, 0.3) is 0 Å². The van der Waals surface area contributed by atoms with Gasteiger partial charge in [-0.2, -0.15) is 5.26 Å². The Balaban J connectivity index is 1.61. The fraction of sp³-hybridized carbons (Fsp3) is 0.350. The van der Waals surface area contributed by atoms with E-state index in [4.69, 9.17) is 4.74 Å². The van der Waals surface area contributed by atoms with Crippen LogP contribution in [0.15, 0.2) is 30.3 Å². The Morgan fingerprint density at radius 1 is 1.26 bits per heavy atom. The average Bonchev–Trinajstić information content (AvgIpc) is 2.97. The van der Waals surface area contributed by atoms with Crippen molar-refractivity contribution in [1.82, 2.24) is 5.32 Å². The Bertz CT molecular complexity index is 897. The molecule has 1 aromatic carbocycles. The monoisotopic (exact) mass is 383 g/mol. The molecule has 0 saturated heterocycles. The van der Waals surface area contributed by atoms with Gasteiger partial charge in [-0.15, -0.1) is 11.3 Å². The molecule has 0 fully saturated rings. The fourth-order valence-electron chi connectivity index (χ4n) is 2.96. The van der Waals surface area contributed by atoms with Gasteiger partial charge in [-0.3, -0.25) is 9.59 Å². The first-order valence-electron chi connectivity index (χ1n) is 8.71. The summed E-state index contributed by atoms with van der Waals surface area (Å²) in [5.74, 6) is -1.48. The maximum Gasteiger partial charge on any atom is 0.314 e. The number of nitrogens with one attached hydrogen (secondary N) is 2. The number of hydrogen-bond donors (Lipinski definition) is 2. The van der Waals surface area contributed by atoms with E-state index in [9.17, 15) is 14.9 Å². The first kappa shape index (κ1) is 19.1. The first-order chi connectivity index (χ1) is 12.9. The lowest BCUT2D eigenvalue weighted by Gasteiger charge is -2.29. The molecule has 27 heavy (non-hydrogen) atoms. The maximum atomic E-state index is 12.2. The van der Waals surface area contributed by atoms with Gasteiger partial charge in [-0.05, 0) is 31.4 Å². The molecule has 2 amide bonds. The molecule has 1 aromatic heterocycles. The molecule has 0 spiro atoms. The van der Waals surface area contributed by atoms with Gasteiger partial charge >= 0.3 is 11.8 Å². The standard InChI is InChI=1S/C20H21N3O3S/c1-20(2)10-14-15(11-21)19(27-16(14)12-26-20)23-18(25)17(24)22-9-8-13-6-4-3-5-7-13/h3-7H,8-10,12H2,1-2H3,(H,22,24)(H,23,25). The number of nitrogens with zero attached hydrogens (tertiary/aromatic N) is 1. The van der Waals surface area contributed by atoms with Crippen molar-refractivity contribution in [3.8, 4) is 6.07 Å². The number of thiophene rings is 1. The van der Waals surface area contributed by atoms with E-state index in [1.165, 1.54) is 11.3 Å². The number of anilines is 1. The third-order valence-electron chi connectivity index (χ3n) is 4.37. The van der Waals surface area contributed by atoms with Crippen molar-refractivity contribution in [3.05, 3.63) is 51.9 Å². The van der Waals surface area contributed by atoms with E-state index in [1.54, 1.807) is 0 Å². The third-order valence-corrected chi connectivity index (χ3v) is 5.50. The van der Waals surface area contributed by atoms with Crippen LogP contribution in [0.3, 0.4) is 0 Å². The summed E-state index contributed by atoms with van der Waals surface area (Å²) in [7, 11) is 0.